The summed E-state index contributed by atoms with van der Waals surface area (Å²) in [6.07, 6.45) is -3.65. The predicted molar refractivity (Wildman–Crippen MR) is 52.0 cm³/mol. The molecule has 2 rings (SSSR count). The lowest BCUT2D eigenvalue weighted by atomic mass is 10.1. The molecule has 92 valence electrons. The van der Waals surface area contributed by atoms with E-state index in [-0.39, 0.29) is 17.9 Å². The van der Waals surface area contributed by atoms with Crippen LogP contribution < -0.4 is 15.2 Å². The lowest BCUT2D eigenvalue weighted by Gasteiger charge is -2.06. The summed E-state index contributed by atoms with van der Waals surface area (Å²) in [7, 11) is 0. The smallest absolute Gasteiger partial charge is 0.480 e. The van der Waals surface area contributed by atoms with E-state index in [0.29, 0.717) is 5.56 Å². The van der Waals surface area contributed by atoms with E-state index in [1.54, 1.807) is 0 Å². The molecular formula is C10H9F2NO4. The minimum absolute atomic E-state index is 0.0253. The summed E-state index contributed by atoms with van der Waals surface area (Å²) in [5, 5.41) is 8.62. The third-order valence-corrected chi connectivity index (χ3v) is 2.24. The number of ether oxygens (including phenoxy) is 2. The Labute approximate surface area is 94.7 Å². The summed E-state index contributed by atoms with van der Waals surface area (Å²) in [6, 6.07) is 2.96. The molecule has 1 atom stereocenters. The Kier molecular flexibility index (Phi) is 2.62. The molecule has 5 nitrogen and oxygen atoms in total. The van der Waals surface area contributed by atoms with Crippen LogP contribution in [0.25, 0.3) is 0 Å². The van der Waals surface area contributed by atoms with E-state index in [1.165, 1.54) is 18.2 Å². The zero-order valence-corrected chi connectivity index (χ0v) is 8.52. The monoisotopic (exact) mass is 245 g/mol. The normalized spacial score (nSPS) is 17.8. The lowest BCUT2D eigenvalue weighted by Crippen LogP contribution is -2.32. The van der Waals surface area contributed by atoms with Crippen molar-refractivity contribution in [3.63, 3.8) is 0 Å². The Morgan fingerprint density at radius 3 is 2.71 bits per heavy atom. The fourth-order valence-corrected chi connectivity index (χ4v) is 1.46. The molecule has 7 heteroatoms. The molecule has 1 heterocycles. The highest BCUT2D eigenvalue weighted by atomic mass is 19.3. The molecule has 1 aliphatic rings. The maximum Gasteiger partial charge on any atom is 0.586 e. The first-order valence-corrected chi connectivity index (χ1v) is 4.74. The highest BCUT2D eigenvalue weighted by molar-refractivity contribution is 5.73. The van der Waals surface area contributed by atoms with Crippen LogP contribution in [0.4, 0.5) is 8.78 Å². The van der Waals surface area contributed by atoms with Gasteiger partial charge in [-0.3, -0.25) is 4.79 Å². The first-order chi connectivity index (χ1) is 7.87. The molecule has 0 aromatic heterocycles. The fraction of sp³-hybridized carbons (Fsp3) is 0.300. The van der Waals surface area contributed by atoms with Gasteiger partial charge >= 0.3 is 12.3 Å². The lowest BCUT2D eigenvalue weighted by molar-refractivity contribution is -0.286. The number of hydrogen-bond donors (Lipinski definition) is 2. The number of fused-ring (bicyclic) bond motifs is 1. The number of carbonyl (C=O) groups is 1. The van der Waals surface area contributed by atoms with Crippen molar-refractivity contribution in [2.24, 2.45) is 5.73 Å². The first-order valence-electron chi connectivity index (χ1n) is 4.74. The highest BCUT2D eigenvalue weighted by Crippen LogP contribution is 2.41. The number of nitrogens with two attached hydrogens (primary N) is 1. The molecule has 0 bridgehead atoms. The second-order valence-corrected chi connectivity index (χ2v) is 3.60. The largest absolute Gasteiger partial charge is 0.586 e. The molecule has 0 aliphatic carbocycles. The van der Waals surface area contributed by atoms with E-state index >= 15 is 0 Å². The zero-order chi connectivity index (χ0) is 12.6. The number of hydrogen-bond acceptors (Lipinski definition) is 4. The van der Waals surface area contributed by atoms with Crippen LogP contribution in [0.1, 0.15) is 5.56 Å². The molecule has 0 saturated carbocycles. The van der Waals surface area contributed by atoms with E-state index in [9.17, 15) is 13.6 Å². The molecule has 1 aromatic rings. The van der Waals surface area contributed by atoms with E-state index in [1.807, 2.05) is 0 Å². The predicted octanol–water partition coefficient (Wildman–Crippen LogP) is 0.963. The van der Waals surface area contributed by atoms with Gasteiger partial charge in [-0.2, -0.15) is 0 Å². The molecule has 0 radical (unpaired) electrons. The summed E-state index contributed by atoms with van der Waals surface area (Å²) >= 11 is 0. The van der Waals surface area contributed by atoms with Crippen molar-refractivity contribution >= 4 is 5.97 Å². The molecular weight excluding hydrogens is 236 g/mol. The van der Waals surface area contributed by atoms with Crippen LogP contribution in [0, 0.1) is 0 Å². The van der Waals surface area contributed by atoms with Gasteiger partial charge in [-0.1, -0.05) is 6.07 Å². The molecule has 17 heavy (non-hydrogen) atoms. The van der Waals surface area contributed by atoms with E-state index < -0.39 is 18.3 Å². The van der Waals surface area contributed by atoms with Gasteiger partial charge in [0.05, 0.1) is 0 Å². The average molecular weight is 245 g/mol. The van der Waals surface area contributed by atoms with Gasteiger partial charge in [0, 0.05) is 0 Å². The fourth-order valence-electron chi connectivity index (χ4n) is 1.46. The SMILES string of the molecule is NC(Cc1ccc2c(c1)OC(F)(F)O2)C(=O)O. The van der Waals surface area contributed by atoms with Gasteiger partial charge in [0.15, 0.2) is 11.5 Å². The standard InChI is InChI=1S/C10H9F2NO4/c11-10(12)16-7-2-1-5(4-8(7)17-10)3-6(13)9(14)15/h1-2,4,6H,3,13H2,(H,14,15). The molecule has 0 spiro atoms. The minimum Gasteiger partial charge on any atom is -0.480 e. The van der Waals surface area contributed by atoms with E-state index in [4.69, 9.17) is 10.8 Å². The van der Waals surface area contributed by atoms with Crippen LogP contribution in [-0.4, -0.2) is 23.4 Å². The van der Waals surface area contributed by atoms with Crippen LogP contribution in [0.15, 0.2) is 18.2 Å². The number of aliphatic carboxylic acids is 1. The van der Waals surface area contributed by atoms with Crippen molar-refractivity contribution in [1.82, 2.24) is 0 Å². The van der Waals surface area contributed by atoms with Crippen molar-refractivity contribution in [1.29, 1.82) is 0 Å². The molecule has 0 saturated heterocycles. The highest BCUT2D eigenvalue weighted by Gasteiger charge is 2.43. The summed E-state index contributed by atoms with van der Waals surface area (Å²) < 4.78 is 33.8. The third-order valence-electron chi connectivity index (χ3n) is 2.24. The van der Waals surface area contributed by atoms with Gasteiger partial charge in [0.25, 0.3) is 0 Å². The first kappa shape index (κ1) is 11.6. The number of alkyl halides is 2. The van der Waals surface area contributed by atoms with Gasteiger partial charge in [0.2, 0.25) is 0 Å². The zero-order valence-electron chi connectivity index (χ0n) is 8.52. The quantitative estimate of drug-likeness (QED) is 0.828. The minimum atomic E-state index is -3.67. The van der Waals surface area contributed by atoms with Crippen LogP contribution in [0.5, 0.6) is 11.5 Å². The van der Waals surface area contributed by atoms with Crippen molar-refractivity contribution in [2.75, 3.05) is 0 Å². The van der Waals surface area contributed by atoms with Crippen LogP contribution in [0.3, 0.4) is 0 Å². The van der Waals surface area contributed by atoms with Crippen molar-refractivity contribution in [2.45, 2.75) is 18.8 Å². The van der Waals surface area contributed by atoms with Gasteiger partial charge in [0.1, 0.15) is 6.04 Å². The van der Waals surface area contributed by atoms with Crippen molar-refractivity contribution < 1.29 is 28.2 Å². The number of halogens is 2. The molecule has 1 aliphatic heterocycles. The second kappa shape index (κ2) is 3.85. The summed E-state index contributed by atoms with van der Waals surface area (Å²) in [5.74, 6) is -1.36. The number of rotatable bonds is 3. The van der Waals surface area contributed by atoms with Gasteiger partial charge in [-0.15, -0.1) is 8.78 Å². The second-order valence-electron chi connectivity index (χ2n) is 3.60. The average Bonchev–Trinajstić information content (AvgIpc) is 2.50. The van der Waals surface area contributed by atoms with Crippen molar-refractivity contribution in [3.05, 3.63) is 23.8 Å². The molecule has 1 unspecified atom stereocenters. The number of benzene rings is 1. The Morgan fingerprint density at radius 2 is 2.06 bits per heavy atom. The third kappa shape index (κ3) is 2.44. The van der Waals surface area contributed by atoms with Crippen LogP contribution >= 0.6 is 0 Å². The van der Waals surface area contributed by atoms with E-state index in [0.717, 1.165) is 0 Å². The van der Waals surface area contributed by atoms with E-state index in [2.05, 4.69) is 9.47 Å². The Bertz CT molecular complexity index is 464. The van der Waals surface area contributed by atoms with Gasteiger partial charge in [-0.25, -0.2) is 0 Å². The number of carboxylic acids is 1. The maximum absolute atomic E-state index is 12.7. The van der Waals surface area contributed by atoms with Crippen molar-refractivity contribution in [3.8, 4) is 11.5 Å². The Morgan fingerprint density at radius 1 is 1.41 bits per heavy atom. The van der Waals surface area contributed by atoms with Gasteiger partial charge in [-0.05, 0) is 24.1 Å². The van der Waals surface area contributed by atoms with Crippen LogP contribution in [-0.2, 0) is 11.2 Å². The summed E-state index contributed by atoms with van der Waals surface area (Å²) in [6.45, 7) is 0. The van der Waals surface area contributed by atoms with Crippen LogP contribution in [0.2, 0.25) is 0 Å². The Balaban J connectivity index is 2.16. The molecule has 0 fully saturated rings. The topological polar surface area (TPSA) is 81.8 Å². The molecule has 0 amide bonds. The number of carboxylic acid groups (broad SMARTS) is 1. The Hall–Kier alpha value is -1.89. The van der Waals surface area contributed by atoms with Gasteiger partial charge < -0.3 is 20.3 Å². The summed E-state index contributed by atoms with van der Waals surface area (Å²) in [4.78, 5) is 10.5. The summed E-state index contributed by atoms with van der Waals surface area (Å²) in [5.41, 5.74) is 5.81. The molecule has 1 aromatic carbocycles. The molecule has 3 N–H and O–H groups in total. The maximum atomic E-state index is 12.7.